The predicted molar refractivity (Wildman–Crippen MR) is 97.3 cm³/mol. The normalized spacial score (nSPS) is 16.8. The highest BCUT2D eigenvalue weighted by Crippen LogP contribution is 2.26. The van der Waals surface area contributed by atoms with Crippen LogP contribution in [0.4, 0.5) is 11.4 Å². The summed E-state index contributed by atoms with van der Waals surface area (Å²) in [4.78, 5) is 33.0. The quantitative estimate of drug-likeness (QED) is 0.810. The van der Waals surface area contributed by atoms with Gasteiger partial charge in [0.1, 0.15) is 0 Å². The molecule has 0 bridgehead atoms. The average molecular weight is 338 g/mol. The van der Waals surface area contributed by atoms with E-state index in [2.05, 4.69) is 15.2 Å². The number of fused-ring (bicyclic) bond motifs is 1. The Morgan fingerprint density at radius 1 is 1.24 bits per heavy atom. The number of carbonyl (C=O) groups is 2. The van der Waals surface area contributed by atoms with Crippen LogP contribution in [0.5, 0.6) is 0 Å². The largest absolute Gasteiger partial charge is 0.372 e. The molecule has 3 rings (SSSR count). The van der Waals surface area contributed by atoms with Gasteiger partial charge in [-0.3, -0.25) is 14.6 Å². The van der Waals surface area contributed by atoms with Gasteiger partial charge in [-0.2, -0.15) is 0 Å². The van der Waals surface area contributed by atoms with E-state index >= 15 is 0 Å². The molecule has 0 spiro atoms. The summed E-state index contributed by atoms with van der Waals surface area (Å²) in [6.07, 6.45) is 3.23. The van der Waals surface area contributed by atoms with E-state index in [-0.39, 0.29) is 6.04 Å². The van der Waals surface area contributed by atoms with Gasteiger partial charge >= 0.3 is 11.8 Å². The first-order valence-electron chi connectivity index (χ1n) is 8.28. The predicted octanol–water partition coefficient (Wildman–Crippen LogP) is 2.20. The number of para-hydroxylation sites is 1. The Morgan fingerprint density at radius 3 is 2.76 bits per heavy atom. The van der Waals surface area contributed by atoms with Gasteiger partial charge in [-0.1, -0.05) is 18.2 Å². The summed E-state index contributed by atoms with van der Waals surface area (Å²) < 4.78 is 0. The van der Waals surface area contributed by atoms with Crippen LogP contribution in [0.3, 0.4) is 0 Å². The molecule has 1 aromatic carbocycles. The highest BCUT2D eigenvalue weighted by atomic mass is 16.2. The summed E-state index contributed by atoms with van der Waals surface area (Å²) in [5.41, 5.74) is 3.57. The highest BCUT2D eigenvalue weighted by molar-refractivity contribution is 6.39. The van der Waals surface area contributed by atoms with Crippen LogP contribution >= 0.6 is 0 Å². The minimum atomic E-state index is -0.638. The van der Waals surface area contributed by atoms with Crippen LogP contribution < -0.4 is 10.2 Å². The van der Waals surface area contributed by atoms with Crippen molar-refractivity contribution in [2.45, 2.75) is 26.4 Å². The van der Waals surface area contributed by atoms with E-state index in [4.69, 9.17) is 0 Å². The van der Waals surface area contributed by atoms with Gasteiger partial charge in [0.15, 0.2) is 0 Å². The molecule has 1 aromatic heterocycles. The Bertz CT molecular complexity index is 806. The maximum Gasteiger partial charge on any atom is 0.313 e. The first-order valence-corrected chi connectivity index (χ1v) is 8.28. The third-order valence-corrected chi connectivity index (χ3v) is 4.40. The number of hydrogen-bond donors (Lipinski definition) is 1. The first-order chi connectivity index (χ1) is 12.0. The molecule has 2 aromatic rings. The van der Waals surface area contributed by atoms with Gasteiger partial charge in [-0.05, 0) is 37.1 Å². The number of aromatic nitrogens is 1. The molecular weight excluding hydrogens is 316 g/mol. The van der Waals surface area contributed by atoms with Gasteiger partial charge < -0.3 is 15.1 Å². The number of pyridine rings is 1. The first kappa shape index (κ1) is 17.0. The zero-order valence-corrected chi connectivity index (χ0v) is 14.7. The molecule has 130 valence electrons. The number of hydrogen-bond acceptors (Lipinski definition) is 4. The van der Waals surface area contributed by atoms with Crippen LogP contribution in [0.1, 0.15) is 18.1 Å². The molecule has 0 radical (unpaired) electrons. The van der Waals surface area contributed by atoms with Crippen molar-refractivity contribution in [1.82, 2.24) is 9.88 Å². The lowest BCUT2D eigenvalue weighted by Gasteiger charge is -2.28. The van der Waals surface area contributed by atoms with Gasteiger partial charge in [0.05, 0.1) is 11.9 Å². The summed E-state index contributed by atoms with van der Waals surface area (Å²) in [5, 5.41) is 2.65. The van der Waals surface area contributed by atoms with Crippen molar-refractivity contribution in [2.75, 3.05) is 23.8 Å². The maximum absolute atomic E-state index is 12.7. The molecule has 0 saturated heterocycles. The van der Waals surface area contributed by atoms with Gasteiger partial charge in [0.2, 0.25) is 0 Å². The fourth-order valence-electron chi connectivity index (χ4n) is 3.16. The number of anilines is 2. The summed E-state index contributed by atoms with van der Waals surface area (Å²) in [5.74, 6) is -1.17. The monoisotopic (exact) mass is 338 g/mol. The van der Waals surface area contributed by atoms with Crippen molar-refractivity contribution < 1.29 is 9.59 Å². The number of aryl methyl sites for hydroxylation is 1. The van der Waals surface area contributed by atoms with E-state index in [1.807, 2.05) is 45.2 Å². The van der Waals surface area contributed by atoms with Crippen molar-refractivity contribution in [2.24, 2.45) is 0 Å². The summed E-state index contributed by atoms with van der Waals surface area (Å²) in [7, 11) is 2.00. The second-order valence-electron chi connectivity index (χ2n) is 6.50. The minimum Gasteiger partial charge on any atom is -0.372 e. The van der Waals surface area contributed by atoms with Crippen LogP contribution in [0, 0.1) is 6.92 Å². The molecule has 1 aliphatic heterocycles. The molecule has 1 unspecified atom stereocenters. The fourth-order valence-corrected chi connectivity index (χ4v) is 3.16. The number of benzene rings is 1. The van der Waals surface area contributed by atoms with Crippen LogP contribution in [-0.4, -0.2) is 41.3 Å². The van der Waals surface area contributed by atoms with Crippen LogP contribution in [0.25, 0.3) is 0 Å². The van der Waals surface area contributed by atoms with E-state index in [0.717, 1.165) is 16.8 Å². The Morgan fingerprint density at radius 2 is 2.00 bits per heavy atom. The molecule has 6 nitrogen and oxygen atoms in total. The van der Waals surface area contributed by atoms with E-state index in [9.17, 15) is 9.59 Å². The standard InChI is InChI=1S/C19H22N4O2/c1-13-8-16(10-20-9-13)21-18(24)19(25)23-12-15-6-4-5-7-17(15)22(3)11-14(23)2/h4-10,14H,11-12H2,1-3H3,(H,21,24). The van der Waals surface area contributed by atoms with E-state index in [1.54, 1.807) is 17.2 Å². The van der Waals surface area contributed by atoms with Crippen molar-refractivity contribution in [1.29, 1.82) is 0 Å². The third-order valence-electron chi connectivity index (χ3n) is 4.40. The Balaban J connectivity index is 1.80. The Labute approximate surface area is 147 Å². The van der Waals surface area contributed by atoms with E-state index in [1.165, 1.54) is 6.20 Å². The molecule has 2 heterocycles. The lowest BCUT2D eigenvalue weighted by atomic mass is 10.1. The second-order valence-corrected chi connectivity index (χ2v) is 6.50. The number of nitrogens with zero attached hydrogens (tertiary/aromatic N) is 3. The van der Waals surface area contributed by atoms with Crippen LogP contribution in [0.15, 0.2) is 42.7 Å². The molecular formula is C19H22N4O2. The van der Waals surface area contributed by atoms with E-state index < -0.39 is 11.8 Å². The van der Waals surface area contributed by atoms with Gasteiger partial charge in [0, 0.05) is 38.1 Å². The summed E-state index contributed by atoms with van der Waals surface area (Å²) in [6.45, 7) is 4.93. The van der Waals surface area contributed by atoms with Gasteiger partial charge in [0.25, 0.3) is 0 Å². The average Bonchev–Trinajstić information content (AvgIpc) is 2.71. The number of amides is 2. The lowest BCUT2D eigenvalue weighted by Crippen LogP contribution is -2.46. The molecule has 0 aliphatic carbocycles. The molecule has 1 atom stereocenters. The van der Waals surface area contributed by atoms with Crippen molar-refractivity contribution in [3.05, 3.63) is 53.9 Å². The molecule has 2 amide bonds. The lowest BCUT2D eigenvalue weighted by molar-refractivity contribution is -0.144. The van der Waals surface area contributed by atoms with Crippen molar-refractivity contribution >= 4 is 23.2 Å². The number of likely N-dealkylation sites (N-methyl/N-ethyl adjacent to an activating group) is 1. The molecule has 1 N–H and O–H groups in total. The third kappa shape index (κ3) is 3.63. The smallest absolute Gasteiger partial charge is 0.313 e. The number of nitrogens with one attached hydrogen (secondary N) is 1. The van der Waals surface area contributed by atoms with Gasteiger partial charge in [-0.15, -0.1) is 0 Å². The Kier molecular flexibility index (Phi) is 4.70. The number of carbonyl (C=O) groups excluding carboxylic acids is 2. The molecule has 0 fully saturated rings. The van der Waals surface area contributed by atoms with Crippen molar-refractivity contribution in [3.63, 3.8) is 0 Å². The molecule has 0 saturated carbocycles. The second kappa shape index (κ2) is 6.93. The van der Waals surface area contributed by atoms with Crippen LogP contribution in [-0.2, 0) is 16.1 Å². The summed E-state index contributed by atoms with van der Waals surface area (Å²) >= 11 is 0. The van der Waals surface area contributed by atoms with Crippen molar-refractivity contribution in [3.8, 4) is 0 Å². The zero-order chi connectivity index (χ0) is 18.0. The highest BCUT2D eigenvalue weighted by Gasteiger charge is 2.30. The summed E-state index contributed by atoms with van der Waals surface area (Å²) in [6, 6.07) is 9.67. The van der Waals surface area contributed by atoms with Crippen LogP contribution in [0.2, 0.25) is 0 Å². The Hall–Kier alpha value is -2.89. The minimum absolute atomic E-state index is 0.0775. The molecule has 25 heavy (non-hydrogen) atoms. The maximum atomic E-state index is 12.7. The molecule has 1 aliphatic rings. The van der Waals surface area contributed by atoms with Gasteiger partial charge in [-0.25, -0.2) is 0 Å². The van der Waals surface area contributed by atoms with E-state index in [0.29, 0.717) is 18.8 Å². The fraction of sp³-hybridized carbons (Fsp3) is 0.316. The number of rotatable bonds is 1. The molecule has 6 heteroatoms. The SMILES string of the molecule is Cc1cncc(NC(=O)C(=O)N2Cc3ccccc3N(C)CC2C)c1. The topological polar surface area (TPSA) is 65.5 Å². The zero-order valence-electron chi connectivity index (χ0n) is 14.7.